The Hall–Kier alpha value is -2.60. The van der Waals surface area contributed by atoms with E-state index in [0.717, 1.165) is 55.9 Å². The lowest BCUT2D eigenvalue weighted by molar-refractivity contribution is 0.231. The van der Waals surface area contributed by atoms with Crippen LogP contribution in [0.15, 0.2) is 84.9 Å². The molecule has 0 heterocycles. The zero-order valence-electron chi connectivity index (χ0n) is 19.3. The highest BCUT2D eigenvalue weighted by molar-refractivity contribution is 6.30. The van der Waals surface area contributed by atoms with E-state index < -0.39 is 5.41 Å². The maximum atomic E-state index is 10.5. The maximum absolute atomic E-state index is 10.5. The van der Waals surface area contributed by atoms with Crippen molar-refractivity contribution in [2.24, 2.45) is 5.92 Å². The van der Waals surface area contributed by atoms with Crippen LogP contribution in [0.25, 0.3) is 0 Å². The number of hydrogen-bond donors (Lipinski definition) is 0. The van der Waals surface area contributed by atoms with Crippen molar-refractivity contribution in [1.82, 2.24) is 4.90 Å². The van der Waals surface area contributed by atoms with Crippen molar-refractivity contribution in [1.29, 1.82) is 5.26 Å². The molecule has 4 rings (SSSR count). The third-order valence-corrected chi connectivity index (χ3v) is 7.41. The molecule has 0 saturated heterocycles. The summed E-state index contributed by atoms with van der Waals surface area (Å²) in [6.07, 6.45) is 6.63. The molecule has 0 aliphatic heterocycles. The van der Waals surface area contributed by atoms with E-state index in [1.165, 1.54) is 24.0 Å². The average molecular weight is 457 g/mol. The summed E-state index contributed by atoms with van der Waals surface area (Å²) in [7, 11) is 0. The van der Waals surface area contributed by atoms with Crippen LogP contribution in [0.5, 0.6) is 0 Å². The minimum Gasteiger partial charge on any atom is -0.295 e. The number of nitrogens with zero attached hydrogens (tertiary/aromatic N) is 2. The Morgan fingerprint density at radius 2 is 1.36 bits per heavy atom. The zero-order valence-corrected chi connectivity index (χ0v) is 20.1. The predicted molar refractivity (Wildman–Crippen MR) is 137 cm³/mol. The van der Waals surface area contributed by atoms with Gasteiger partial charge in [0.05, 0.1) is 11.5 Å². The second kappa shape index (κ2) is 11.5. The van der Waals surface area contributed by atoms with Crippen molar-refractivity contribution in [2.45, 2.75) is 57.0 Å². The molecule has 1 aliphatic carbocycles. The molecule has 3 aromatic rings. The van der Waals surface area contributed by atoms with Gasteiger partial charge in [-0.25, -0.2) is 0 Å². The second-order valence-electron chi connectivity index (χ2n) is 9.36. The number of nitriles is 1. The maximum Gasteiger partial charge on any atom is 0.0850 e. The van der Waals surface area contributed by atoms with Crippen molar-refractivity contribution in [3.05, 3.63) is 107 Å². The van der Waals surface area contributed by atoms with Gasteiger partial charge in [0.2, 0.25) is 0 Å². The average Bonchev–Trinajstić information content (AvgIpc) is 3.39. The van der Waals surface area contributed by atoms with Gasteiger partial charge in [-0.15, -0.1) is 0 Å². The normalized spacial score (nSPS) is 15.9. The fourth-order valence-electron chi connectivity index (χ4n) is 5.44. The van der Waals surface area contributed by atoms with E-state index in [9.17, 15) is 5.26 Å². The minimum absolute atomic E-state index is 0.424. The van der Waals surface area contributed by atoms with E-state index in [4.69, 9.17) is 11.6 Å². The Morgan fingerprint density at radius 1 is 0.818 bits per heavy atom. The molecule has 0 spiro atoms. The van der Waals surface area contributed by atoms with Crippen LogP contribution in [0.2, 0.25) is 5.02 Å². The molecule has 1 atom stereocenters. The first kappa shape index (κ1) is 23.6. The Morgan fingerprint density at radius 3 is 1.88 bits per heavy atom. The third kappa shape index (κ3) is 6.05. The third-order valence-electron chi connectivity index (χ3n) is 7.15. The molecule has 0 N–H and O–H groups in total. The molecular weight excluding hydrogens is 424 g/mol. The van der Waals surface area contributed by atoms with Crippen molar-refractivity contribution >= 4 is 11.6 Å². The van der Waals surface area contributed by atoms with Gasteiger partial charge in [-0.05, 0) is 67.0 Å². The first-order valence-corrected chi connectivity index (χ1v) is 12.5. The van der Waals surface area contributed by atoms with E-state index in [-0.39, 0.29) is 0 Å². The van der Waals surface area contributed by atoms with Gasteiger partial charge in [0.15, 0.2) is 0 Å². The van der Waals surface area contributed by atoms with Crippen molar-refractivity contribution in [3.63, 3.8) is 0 Å². The van der Waals surface area contributed by atoms with Crippen LogP contribution < -0.4 is 0 Å². The fourth-order valence-corrected chi connectivity index (χ4v) is 5.57. The Labute approximate surface area is 203 Å². The van der Waals surface area contributed by atoms with E-state index in [0.29, 0.717) is 5.92 Å². The molecule has 1 unspecified atom stereocenters. The molecule has 0 amide bonds. The lowest BCUT2D eigenvalue weighted by atomic mass is 9.67. The van der Waals surface area contributed by atoms with Gasteiger partial charge in [0.1, 0.15) is 0 Å². The summed E-state index contributed by atoms with van der Waals surface area (Å²) in [6, 6.07) is 32.2. The zero-order chi connectivity index (χ0) is 22.9. The van der Waals surface area contributed by atoms with Crippen LogP contribution in [0.4, 0.5) is 0 Å². The first-order valence-electron chi connectivity index (χ1n) is 12.2. The van der Waals surface area contributed by atoms with E-state index in [2.05, 4.69) is 83.8 Å². The van der Waals surface area contributed by atoms with Crippen LogP contribution in [-0.4, -0.2) is 11.4 Å². The smallest absolute Gasteiger partial charge is 0.0850 e. The van der Waals surface area contributed by atoms with Gasteiger partial charge in [-0.1, -0.05) is 97.2 Å². The summed E-state index contributed by atoms with van der Waals surface area (Å²) in [4.78, 5) is 2.52. The quantitative estimate of drug-likeness (QED) is 0.311. The van der Waals surface area contributed by atoms with Gasteiger partial charge in [-0.2, -0.15) is 5.26 Å². The van der Waals surface area contributed by atoms with Gasteiger partial charge in [0.25, 0.3) is 0 Å². The molecule has 33 heavy (non-hydrogen) atoms. The summed E-state index contributed by atoms with van der Waals surface area (Å²) < 4.78 is 0. The van der Waals surface area contributed by atoms with Crippen molar-refractivity contribution in [3.8, 4) is 6.07 Å². The standard InChI is InChI=1S/C30H33ClN2/c31-29-18-16-28(17-19-29)30(24-32,27-14-7-8-15-27)20-9-21-33(22-25-10-3-1-4-11-25)23-26-12-5-2-6-13-26/h1-6,10-13,16-19,27H,7-9,14-15,20-23H2. The topological polar surface area (TPSA) is 27.0 Å². The van der Waals surface area contributed by atoms with E-state index >= 15 is 0 Å². The van der Waals surface area contributed by atoms with Crippen LogP contribution in [0.3, 0.4) is 0 Å². The molecule has 2 nitrogen and oxygen atoms in total. The largest absolute Gasteiger partial charge is 0.295 e. The lowest BCUT2D eigenvalue weighted by Gasteiger charge is -2.34. The summed E-state index contributed by atoms with van der Waals surface area (Å²) >= 11 is 6.17. The number of hydrogen-bond acceptors (Lipinski definition) is 2. The highest BCUT2D eigenvalue weighted by Crippen LogP contribution is 2.45. The van der Waals surface area contributed by atoms with Crippen molar-refractivity contribution in [2.75, 3.05) is 6.54 Å². The Balaban J connectivity index is 1.51. The molecule has 3 aromatic carbocycles. The summed E-state index contributed by atoms with van der Waals surface area (Å²) in [5.41, 5.74) is 3.37. The number of halogens is 1. The SMILES string of the molecule is N#CC(CCCN(Cc1ccccc1)Cc1ccccc1)(c1ccc(Cl)cc1)C1CCCC1. The summed E-state index contributed by atoms with van der Waals surface area (Å²) in [5.74, 6) is 0.431. The number of rotatable bonds is 10. The molecule has 0 radical (unpaired) electrons. The van der Waals surface area contributed by atoms with Gasteiger partial charge < -0.3 is 0 Å². The molecule has 0 bridgehead atoms. The van der Waals surface area contributed by atoms with Crippen LogP contribution in [0, 0.1) is 17.2 Å². The van der Waals surface area contributed by atoms with E-state index in [1.807, 2.05) is 12.1 Å². The molecule has 1 fully saturated rings. The van der Waals surface area contributed by atoms with Crippen LogP contribution >= 0.6 is 11.6 Å². The highest BCUT2D eigenvalue weighted by Gasteiger charge is 2.41. The highest BCUT2D eigenvalue weighted by atomic mass is 35.5. The minimum atomic E-state index is -0.424. The van der Waals surface area contributed by atoms with Gasteiger partial charge in [0, 0.05) is 18.1 Å². The molecule has 0 aromatic heterocycles. The van der Waals surface area contributed by atoms with Crippen LogP contribution in [0.1, 0.15) is 55.2 Å². The number of benzene rings is 3. The Kier molecular flexibility index (Phi) is 8.21. The lowest BCUT2D eigenvalue weighted by Crippen LogP contribution is -2.34. The monoisotopic (exact) mass is 456 g/mol. The Bertz CT molecular complexity index is 979. The predicted octanol–water partition coefficient (Wildman–Crippen LogP) is 7.77. The summed E-state index contributed by atoms with van der Waals surface area (Å²) in [6.45, 7) is 2.80. The second-order valence-corrected chi connectivity index (χ2v) is 9.79. The van der Waals surface area contributed by atoms with Crippen LogP contribution in [-0.2, 0) is 18.5 Å². The molecular formula is C30H33ClN2. The first-order chi connectivity index (χ1) is 16.2. The van der Waals surface area contributed by atoms with Crippen molar-refractivity contribution < 1.29 is 0 Å². The molecule has 1 saturated carbocycles. The summed E-state index contributed by atoms with van der Waals surface area (Å²) in [5, 5.41) is 11.2. The molecule has 170 valence electrons. The molecule has 3 heteroatoms. The molecule has 1 aliphatic rings. The van der Waals surface area contributed by atoms with Gasteiger partial charge >= 0.3 is 0 Å². The fraction of sp³-hybridized carbons (Fsp3) is 0.367. The van der Waals surface area contributed by atoms with E-state index in [1.54, 1.807) is 0 Å². The van der Waals surface area contributed by atoms with Gasteiger partial charge in [-0.3, -0.25) is 4.90 Å².